The number of rotatable bonds is 4. The highest BCUT2D eigenvalue weighted by atomic mass is 16.2. The van der Waals surface area contributed by atoms with Gasteiger partial charge in [0.05, 0.1) is 0 Å². The van der Waals surface area contributed by atoms with Gasteiger partial charge in [-0.15, -0.1) is 0 Å². The first-order valence-electron chi connectivity index (χ1n) is 6.44. The Morgan fingerprint density at radius 2 is 2.00 bits per heavy atom. The Kier molecular flexibility index (Phi) is 4.17. The third-order valence-corrected chi connectivity index (χ3v) is 3.96. The van der Waals surface area contributed by atoms with Gasteiger partial charge in [0, 0.05) is 5.54 Å². The molecular formula is C13H24N2O2. The normalized spacial score (nSPS) is 23.6. The summed E-state index contributed by atoms with van der Waals surface area (Å²) < 4.78 is 0. The smallest absolute Gasteiger partial charge is 0.246 e. The minimum absolute atomic E-state index is 0.0450. The Bertz CT molecular complexity index is 313. The molecule has 98 valence electrons. The van der Waals surface area contributed by atoms with Gasteiger partial charge in [-0.3, -0.25) is 9.59 Å². The SMILES string of the molecule is CCC(C)C1NC(=O)CN(C(C)(C)CC)C1=O. The third-order valence-electron chi connectivity index (χ3n) is 3.96. The van der Waals surface area contributed by atoms with Gasteiger partial charge in [0.25, 0.3) is 0 Å². The molecule has 17 heavy (non-hydrogen) atoms. The molecule has 4 heteroatoms. The number of amides is 2. The highest BCUT2D eigenvalue weighted by molar-refractivity contribution is 5.95. The molecule has 0 saturated carbocycles. The molecule has 2 amide bonds. The standard InChI is InChI=1S/C13H24N2O2/c1-6-9(3)11-12(17)15(8-10(16)14-11)13(4,5)7-2/h9,11H,6-8H2,1-5H3,(H,14,16). The molecule has 2 atom stereocenters. The molecule has 0 aromatic carbocycles. The van der Waals surface area contributed by atoms with Crippen molar-refractivity contribution in [3.05, 3.63) is 0 Å². The molecule has 1 heterocycles. The molecule has 1 N–H and O–H groups in total. The topological polar surface area (TPSA) is 49.4 Å². The summed E-state index contributed by atoms with van der Waals surface area (Å²) in [7, 11) is 0. The monoisotopic (exact) mass is 240 g/mol. The number of carbonyl (C=O) groups excluding carboxylic acids is 2. The van der Waals surface area contributed by atoms with Crippen LogP contribution < -0.4 is 5.32 Å². The maximum Gasteiger partial charge on any atom is 0.246 e. The van der Waals surface area contributed by atoms with E-state index in [1.54, 1.807) is 4.90 Å². The average Bonchev–Trinajstić information content (AvgIpc) is 2.30. The minimum Gasteiger partial charge on any atom is -0.342 e. The Labute approximate surface area is 104 Å². The molecule has 1 aliphatic heterocycles. The molecule has 2 unspecified atom stereocenters. The summed E-state index contributed by atoms with van der Waals surface area (Å²) >= 11 is 0. The zero-order valence-electron chi connectivity index (χ0n) is 11.5. The van der Waals surface area contributed by atoms with Crippen molar-refractivity contribution in [2.24, 2.45) is 5.92 Å². The first-order chi connectivity index (χ1) is 7.83. The van der Waals surface area contributed by atoms with Gasteiger partial charge >= 0.3 is 0 Å². The molecule has 1 saturated heterocycles. The quantitative estimate of drug-likeness (QED) is 0.810. The van der Waals surface area contributed by atoms with Gasteiger partial charge in [-0.2, -0.15) is 0 Å². The fourth-order valence-corrected chi connectivity index (χ4v) is 1.99. The Balaban J connectivity index is 2.94. The van der Waals surface area contributed by atoms with Crippen molar-refractivity contribution in [3.8, 4) is 0 Å². The first kappa shape index (κ1) is 14.0. The van der Waals surface area contributed by atoms with E-state index in [0.717, 1.165) is 12.8 Å². The van der Waals surface area contributed by atoms with Crippen LogP contribution in [-0.4, -0.2) is 34.8 Å². The van der Waals surface area contributed by atoms with Gasteiger partial charge in [0.2, 0.25) is 11.8 Å². The van der Waals surface area contributed by atoms with E-state index in [1.165, 1.54) is 0 Å². The van der Waals surface area contributed by atoms with Crippen molar-refractivity contribution in [1.29, 1.82) is 0 Å². The predicted octanol–water partition coefficient (Wildman–Crippen LogP) is 1.55. The zero-order chi connectivity index (χ0) is 13.2. The predicted molar refractivity (Wildman–Crippen MR) is 67.5 cm³/mol. The van der Waals surface area contributed by atoms with E-state index >= 15 is 0 Å². The maximum atomic E-state index is 12.4. The fourth-order valence-electron chi connectivity index (χ4n) is 1.99. The lowest BCUT2D eigenvalue weighted by Gasteiger charge is -2.44. The average molecular weight is 240 g/mol. The van der Waals surface area contributed by atoms with Crippen molar-refractivity contribution in [2.45, 2.75) is 59.0 Å². The van der Waals surface area contributed by atoms with Crippen LogP contribution in [0.2, 0.25) is 0 Å². The van der Waals surface area contributed by atoms with Crippen LogP contribution in [-0.2, 0) is 9.59 Å². The van der Waals surface area contributed by atoms with Crippen LogP contribution in [0.4, 0.5) is 0 Å². The van der Waals surface area contributed by atoms with Crippen molar-refractivity contribution in [2.75, 3.05) is 6.54 Å². The Morgan fingerprint density at radius 3 is 2.47 bits per heavy atom. The van der Waals surface area contributed by atoms with Crippen LogP contribution in [0, 0.1) is 5.92 Å². The van der Waals surface area contributed by atoms with Crippen molar-refractivity contribution < 1.29 is 9.59 Å². The van der Waals surface area contributed by atoms with Gasteiger partial charge in [-0.25, -0.2) is 0 Å². The molecule has 1 aliphatic rings. The maximum absolute atomic E-state index is 12.4. The number of nitrogens with one attached hydrogen (secondary N) is 1. The zero-order valence-corrected chi connectivity index (χ0v) is 11.5. The van der Waals surface area contributed by atoms with E-state index in [1.807, 2.05) is 34.6 Å². The lowest BCUT2D eigenvalue weighted by Crippen LogP contribution is -2.64. The van der Waals surface area contributed by atoms with E-state index in [2.05, 4.69) is 5.32 Å². The van der Waals surface area contributed by atoms with E-state index in [9.17, 15) is 9.59 Å². The van der Waals surface area contributed by atoms with E-state index < -0.39 is 0 Å². The first-order valence-corrected chi connectivity index (χ1v) is 6.44. The van der Waals surface area contributed by atoms with Gasteiger partial charge in [-0.1, -0.05) is 27.2 Å². The van der Waals surface area contributed by atoms with Crippen LogP contribution in [0.1, 0.15) is 47.5 Å². The number of hydrogen-bond donors (Lipinski definition) is 1. The van der Waals surface area contributed by atoms with Crippen molar-refractivity contribution in [1.82, 2.24) is 10.2 Å². The van der Waals surface area contributed by atoms with Gasteiger partial charge in [0.15, 0.2) is 0 Å². The molecule has 1 fully saturated rings. The van der Waals surface area contributed by atoms with Crippen LogP contribution in [0.15, 0.2) is 0 Å². The van der Waals surface area contributed by atoms with Crippen LogP contribution in [0.25, 0.3) is 0 Å². The molecular weight excluding hydrogens is 216 g/mol. The third kappa shape index (κ3) is 2.79. The van der Waals surface area contributed by atoms with Crippen LogP contribution in [0.3, 0.4) is 0 Å². The molecule has 0 aromatic heterocycles. The lowest BCUT2D eigenvalue weighted by atomic mass is 9.91. The highest BCUT2D eigenvalue weighted by Gasteiger charge is 2.41. The fraction of sp³-hybridized carbons (Fsp3) is 0.846. The summed E-state index contributed by atoms with van der Waals surface area (Å²) in [6.45, 7) is 10.3. The van der Waals surface area contributed by atoms with Crippen molar-refractivity contribution in [3.63, 3.8) is 0 Å². The Hall–Kier alpha value is -1.06. The van der Waals surface area contributed by atoms with Crippen LogP contribution >= 0.6 is 0 Å². The largest absolute Gasteiger partial charge is 0.342 e. The molecule has 1 rings (SSSR count). The molecule has 4 nitrogen and oxygen atoms in total. The minimum atomic E-state index is -0.355. The lowest BCUT2D eigenvalue weighted by molar-refractivity contribution is -0.151. The Morgan fingerprint density at radius 1 is 1.41 bits per heavy atom. The molecule has 0 bridgehead atoms. The second-order valence-corrected chi connectivity index (χ2v) is 5.52. The van der Waals surface area contributed by atoms with Crippen molar-refractivity contribution >= 4 is 11.8 Å². The molecule has 0 aromatic rings. The summed E-state index contributed by atoms with van der Waals surface area (Å²) in [5.41, 5.74) is -0.249. The van der Waals surface area contributed by atoms with Gasteiger partial charge < -0.3 is 10.2 Å². The summed E-state index contributed by atoms with van der Waals surface area (Å²) in [5.74, 6) is 0.198. The number of hydrogen-bond acceptors (Lipinski definition) is 2. The van der Waals surface area contributed by atoms with E-state index in [-0.39, 0.29) is 35.9 Å². The van der Waals surface area contributed by atoms with Gasteiger partial charge in [-0.05, 0) is 26.2 Å². The van der Waals surface area contributed by atoms with E-state index in [0.29, 0.717) is 0 Å². The second-order valence-electron chi connectivity index (χ2n) is 5.52. The van der Waals surface area contributed by atoms with Crippen LogP contribution in [0.5, 0.6) is 0 Å². The summed E-state index contributed by atoms with van der Waals surface area (Å²) in [6.07, 6.45) is 1.73. The summed E-state index contributed by atoms with van der Waals surface area (Å²) in [5, 5.41) is 2.81. The second kappa shape index (κ2) is 5.07. The number of nitrogens with zero attached hydrogens (tertiary/aromatic N) is 1. The highest BCUT2D eigenvalue weighted by Crippen LogP contribution is 2.24. The van der Waals surface area contributed by atoms with E-state index in [4.69, 9.17) is 0 Å². The molecule has 0 spiro atoms. The number of piperazine rings is 1. The summed E-state index contributed by atoms with van der Waals surface area (Å²) in [6, 6.07) is -0.355. The number of carbonyl (C=O) groups is 2. The van der Waals surface area contributed by atoms with Gasteiger partial charge in [0.1, 0.15) is 12.6 Å². The molecule has 0 radical (unpaired) electrons. The summed E-state index contributed by atoms with van der Waals surface area (Å²) in [4.78, 5) is 25.8. The molecule has 0 aliphatic carbocycles.